The Morgan fingerprint density at radius 1 is 1.00 bits per heavy atom. The summed E-state index contributed by atoms with van der Waals surface area (Å²) in [7, 11) is 0. The number of nitrogens with zero attached hydrogens (tertiary/aromatic N) is 6. The van der Waals surface area contributed by atoms with Crippen LogP contribution < -0.4 is 5.73 Å². The number of likely N-dealkylation sites (tertiary alicyclic amines) is 1. The van der Waals surface area contributed by atoms with E-state index in [2.05, 4.69) is 75.0 Å². The lowest BCUT2D eigenvalue weighted by atomic mass is 9.90. The number of ether oxygens (including phenoxy) is 1. The fraction of sp³-hybridized carbons (Fsp3) is 0.444. The van der Waals surface area contributed by atoms with Gasteiger partial charge in [0.25, 0.3) is 0 Å². The molecule has 6 rings (SSSR count). The summed E-state index contributed by atoms with van der Waals surface area (Å²) in [5.74, 6) is 0.467. The molecule has 0 radical (unpaired) electrons. The summed E-state index contributed by atoms with van der Waals surface area (Å²) in [5.41, 5.74) is 12.7. The summed E-state index contributed by atoms with van der Waals surface area (Å²) in [5, 5.41) is 9.32. The van der Waals surface area contributed by atoms with Crippen LogP contribution in [0.15, 0.2) is 48.9 Å². The Morgan fingerprint density at radius 2 is 1.80 bits per heavy atom. The number of aromatic nitrogens is 5. The van der Waals surface area contributed by atoms with Crippen LogP contribution in [-0.2, 0) is 10.3 Å². The van der Waals surface area contributed by atoms with Gasteiger partial charge in [0.1, 0.15) is 11.8 Å². The van der Waals surface area contributed by atoms with E-state index in [9.17, 15) is 0 Å². The van der Waals surface area contributed by atoms with Gasteiger partial charge >= 0.3 is 0 Å². The Balaban J connectivity index is 1.48. The molecule has 0 spiro atoms. The monoisotopic (exact) mass is 471 g/mol. The van der Waals surface area contributed by atoms with Gasteiger partial charge in [0, 0.05) is 36.1 Å². The van der Waals surface area contributed by atoms with Gasteiger partial charge in [-0.3, -0.25) is 9.58 Å². The predicted octanol–water partition coefficient (Wildman–Crippen LogP) is 4.52. The van der Waals surface area contributed by atoms with E-state index < -0.39 is 0 Å². The van der Waals surface area contributed by atoms with Crippen molar-refractivity contribution in [1.29, 1.82) is 0 Å². The molecule has 35 heavy (non-hydrogen) atoms. The Labute approximate surface area is 205 Å². The van der Waals surface area contributed by atoms with Crippen molar-refractivity contribution in [2.75, 3.05) is 32.0 Å². The maximum Gasteiger partial charge on any atom is 0.152 e. The average molecular weight is 472 g/mol. The SMILES string of the molecule is CC(C)(c1cccc(-c2cc(-c3ccnn3C3CCOCC3)c3c(N)ncnn23)c1)N1CCCC1. The van der Waals surface area contributed by atoms with Crippen LogP contribution in [0.1, 0.15) is 51.1 Å². The number of rotatable bonds is 5. The van der Waals surface area contributed by atoms with E-state index >= 15 is 0 Å². The molecule has 182 valence electrons. The van der Waals surface area contributed by atoms with Crippen LogP contribution in [-0.4, -0.2) is 55.6 Å². The zero-order valence-corrected chi connectivity index (χ0v) is 20.5. The first-order valence-electron chi connectivity index (χ1n) is 12.6. The van der Waals surface area contributed by atoms with Gasteiger partial charge < -0.3 is 10.5 Å². The van der Waals surface area contributed by atoms with Crippen molar-refractivity contribution >= 4 is 11.3 Å². The molecule has 8 nitrogen and oxygen atoms in total. The van der Waals surface area contributed by atoms with Crippen LogP contribution in [0, 0.1) is 0 Å². The molecule has 3 aromatic heterocycles. The van der Waals surface area contributed by atoms with Gasteiger partial charge in [0.05, 0.1) is 17.4 Å². The van der Waals surface area contributed by atoms with Crippen molar-refractivity contribution in [3.05, 3.63) is 54.5 Å². The number of nitrogens with two attached hydrogens (primary N) is 1. The van der Waals surface area contributed by atoms with Gasteiger partial charge in [0.2, 0.25) is 0 Å². The molecule has 0 atom stereocenters. The summed E-state index contributed by atoms with van der Waals surface area (Å²) >= 11 is 0. The fourth-order valence-electron chi connectivity index (χ4n) is 5.73. The number of benzene rings is 1. The van der Waals surface area contributed by atoms with E-state index in [-0.39, 0.29) is 5.54 Å². The lowest BCUT2D eigenvalue weighted by Gasteiger charge is -2.36. The summed E-state index contributed by atoms with van der Waals surface area (Å²) in [6.45, 7) is 8.47. The maximum atomic E-state index is 6.44. The summed E-state index contributed by atoms with van der Waals surface area (Å²) in [6, 6.07) is 13.4. The molecule has 2 N–H and O–H groups in total. The molecule has 4 aromatic rings. The molecule has 2 aliphatic heterocycles. The van der Waals surface area contributed by atoms with Crippen molar-refractivity contribution in [2.45, 2.75) is 51.1 Å². The van der Waals surface area contributed by atoms with Crippen LogP contribution in [0.5, 0.6) is 0 Å². The van der Waals surface area contributed by atoms with Crippen LogP contribution in [0.3, 0.4) is 0 Å². The van der Waals surface area contributed by atoms with Gasteiger partial charge in [-0.1, -0.05) is 18.2 Å². The highest BCUT2D eigenvalue weighted by atomic mass is 16.5. The fourth-order valence-corrected chi connectivity index (χ4v) is 5.73. The second-order valence-electron chi connectivity index (χ2n) is 10.2. The molecule has 0 bridgehead atoms. The highest BCUT2D eigenvalue weighted by Crippen LogP contribution is 2.38. The summed E-state index contributed by atoms with van der Waals surface area (Å²) < 4.78 is 9.64. The number of hydrogen-bond acceptors (Lipinski definition) is 6. The molecule has 0 unspecified atom stereocenters. The molecule has 0 saturated carbocycles. The lowest BCUT2D eigenvalue weighted by molar-refractivity contribution is 0.0667. The van der Waals surface area contributed by atoms with E-state index in [0.29, 0.717) is 11.9 Å². The van der Waals surface area contributed by atoms with E-state index in [1.54, 1.807) is 0 Å². The van der Waals surface area contributed by atoms with Crippen molar-refractivity contribution in [2.24, 2.45) is 0 Å². The first-order chi connectivity index (χ1) is 17.0. The molecule has 5 heterocycles. The molecule has 1 aromatic carbocycles. The van der Waals surface area contributed by atoms with Gasteiger partial charge in [0.15, 0.2) is 5.82 Å². The number of nitrogen functional groups attached to an aromatic ring is 1. The number of fused-ring (bicyclic) bond motifs is 1. The predicted molar refractivity (Wildman–Crippen MR) is 137 cm³/mol. The Hall–Kier alpha value is -3.23. The molecular weight excluding hydrogens is 438 g/mol. The van der Waals surface area contributed by atoms with Crippen LogP contribution in [0.25, 0.3) is 28.0 Å². The normalized spacial score (nSPS) is 18.0. The average Bonchev–Trinajstić information content (AvgIpc) is 3.65. The highest BCUT2D eigenvalue weighted by Gasteiger charge is 2.31. The quantitative estimate of drug-likeness (QED) is 0.460. The van der Waals surface area contributed by atoms with Gasteiger partial charge in [-0.2, -0.15) is 10.2 Å². The molecule has 8 heteroatoms. The Bertz CT molecular complexity index is 1340. The lowest BCUT2D eigenvalue weighted by Crippen LogP contribution is -2.39. The van der Waals surface area contributed by atoms with Crippen molar-refractivity contribution in [3.8, 4) is 22.5 Å². The number of anilines is 1. The van der Waals surface area contributed by atoms with Crippen LogP contribution in [0.2, 0.25) is 0 Å². The molecule has 2 saturated heterocycles. The van der Waals surface area contributed by atoms with Gasteiger partial charge in [-0.25, -0.2) is 9.50 Å². The summed E-state index contributed by atoms with van der Waals surface area (Å²) in [4.78, 5) is 6.91. The molecule has 2 fully saturated rings. The van der Waals surface area contributed by atoms with E-state index in [1.807, 2.05) is 10.7 Å². The zero-order chi connectivity index (χ0) is 24.0. The standard InChI is InChI=1S/C27H33N7O/c1-27(2,32-12-3-4-13-32)20-7-5-6-19(16-20)24-17-22(25-26(28)29-18-31-34(24)25)23-8-11-30-33(23)21-9-14-35-15-10-21/h5-8,11,16-18,21H,3-4,9-10,12-15H2,1-2H3,(H2,28,29,31). The second kappa shape index (κ2) is 8.77. The highest BCUT2D eigenvalue weighted by molar-refractivity contribution is 5.91. The third-order valence-corrected chi connectivity index (χ3v) is 7.83. The topological polar surface area (TPSA) is 86.5 Å². The van der Waals surface area contributed by atoms with E-state index in [0.717, 1.165) is 67.2 Å². The Morgan fingerprint density at radius 3 is 2.60 bits per heavy atom. The second-order valence-corrected chi connectivity index (χ2v) is 10.2. The minimum Gasteiger partial charge on any atom is -0.382 e. The molecule has 0 amide bonds. The van der Waals surface area contributed by atoms with Crippen LogP contribution >= 0.6 is 0 Å². The largest absolute Gasteiger partial charge is 0.382 e. The number of hydrogen-bond donors (Lipinski definition) is 1. The van der Waals surface area contributed by atoms with Crippen molar-refractivity contribution in [3.63, 3.8) is 0 Å². The minimum absolute atomic E-state index is 0.0297. The molecular formula is C27H33N7O. The van der Waals surface area contributed by atoms with Gasteiger partial charge in [-0.05, 0) is 76.4 Å². The third-order valence-electron chi connectivity index (χ3n) is 7.83. The first kappa shape index (κ1) is 22.2. The van der Waals surface area contributed by atoms with Gasteiger partial charge in [-0.15, -0.1) is 0 Å². The summed E-state index contributed by atoms with van der Waals surface area (Å²) in [6.07, 6.45) is 7.84. The maximum absolute atomic E-state index is 6.44. The van der Waals surface area contributed by atoms with E-state index in [4.69, 9.17) is 10.5 Å². The minimum atomic E-state index is -0.0297. The van der Waals surface area contributed by atoms with Crippen molar-refractivity contribution < 1.29 is 4.74 Å². The van der Waals surface area contributed by atoms with E-state index in [1.165, 1.54) is 24.7 Å². The smallest absolute Gasteiger partial charge is 0.152 e. The van der Waals surface area contributed by atoms with Crippen molar-refractivity contribution in [1.82, 2.24) is 29.3 Å². The molecule has 0 aliphatic carbocycles. The Kier molecular flexibility index (Phi) is 5.57. The zero-order valence-electron chi connectivity index (χ0n) is 20.5. The first-order valence-corrected chi connectivity index (χ1v) is 12.6. The molecule has 2 aliphatic rings. The van der Waals surface area contributed by atoms with Crippen LogP contribution in [0.4, 0.5) is 5.82 Å². The third kappa shape index (κ3) is 3.81.